The molecular formula is C13H18N2O2. The van der Waals surface area contributed by atoms with E-state index >= 15 is 0 Å². The predicted octanol–water partition coefficient (Wildman–Crippen LogP) is 2.05. The second kappa shape index (κ2) is 5.68. The molecule has 1 aromatic carbocycles. The zero-order valence-corrected chi connectivity index (χ0v) is 10.1. The van der Waals surface area contributed by atoms with Gasteiger partial charge in [0.2, 0.25) is 0 Å². The van der Waals surface area contributed by atoms with E-state index < -0.39 is 5.76 Å². The quantitative estimate of drug-likeness (QED) is 0.752. The Morgan fingerprint density at radius 3 is 3.06 bits per heavy atom. The molecule has 1 heterocycles. The van der Waals surface area contributed by atoms with E-state index in [2.05, 4.69) is 17.2 Å². The molecule has 0 aliphatic rings. The lowest BCUT2D eigenvalue weighted by Gasteiger charge is -2.03. The molecule has 4 nitrogen and oxygen atoms in total. The van der Waals surface area contributed by atoms with Gasteiger partial charge in [-0.1, -0.05) is 19.4 Å². The van der Waals surface area contributed by atoms with E-state index in [1.54, 1.807) is 0 Å². The molecule has 0 aliphatic carbocycles. The number of oxazole rings is 1. The molecule has 0 aliphatic heterocycles. The first-order valence-electron chi connectivity index (χ1n) is 6.12. The molecule has 0 bridgehead atoms. The lowest BCUT2D eigenvalue weighted by molar-refractivity contribution is 0.555. The molecule has 2 rings (SSSR count). The lowest BCUT2D eigenvalue weighted by atomic mass is 10.1. The normalized spacial score (nSPS) is 11.1. The summed E-state index contributed by atoms with van der Waals surface area (Å²) < 4.78 is 5.02. The fourth-order valence-electron chi connectivity index (χ4n) is 1.80. The molecule has 0 amide bonds. The van der Waals surface area contributed by atoms with Crippen molar-refractivity contribution in [2.24, 2.45) is 0 Å². The molecule has 0 radical (unpaired) electrons. The van der Waals surface area contributed by atoms with E-state index in [1.165, 1.54) is 18.4 Å². The summed E-state index contributed by atoms with van der Waals surface area (Å²) in [6, 6.07) is 5.84. The Morgan fingerprint density at radius 1 is 1.35 bits per heavy atom. The third kappa shape index (κ3) is 3.20. The largest absolute Gasteiger partial charge is 0.417 e. The molecule has 1 aromatic heterocycles. The van der Waals surface area contributed by atoms with Crippen molar-refractivity contribution in [1.29, 1.82) is 0 Å². The van der Waals surface area contributed by atoms with Gasteiger partial charge in [0.25, 0.3) is 0 Å². The standard InChI is InChI=1S/C13H18N2O2/c1-2-3-7-14-8-6-10-4-5-11-12(9-10)17-13(16)15-11/h4-5,9,14H,2-3,6-8H2,1H3,(H,15,16). The topological polar surface area (TPSA) is 58.0 Å². The van der Waals surface area contributed by atoms with E-state index in [9.17, 15) is 4.79 Å². The summed E-state index contributed by atoms with van der Waals surface area (Å²) in [6.07, 6.45) is 3.38. The van der Waals surface area contributed by atoms with Crippen LogP contribution in [0, 0.1) is 0 Å². The van der Waals surface area contributed by atoms with Crippen molar-refractivity contribution < 1.29 is 4.42 Å². The van der Waals surface area contributed by atoms with Crippen LogP contribution in [0.3, 0.4) is 0 Å². The van der Waals surface area contributed by atoms with Gasteiger partial charge in [-0.15, -0.1) is 0 Å². The van der Waals surface area contributed by atoms with Gasteiger partial charge >= 0.3 is 5.76 Å². The first-order chi connectivity index (χ1) is 8.29. The predicted molar refractivity (Wildman–Crippen MR) is 68.3 cm³/mol. The number of hydrogen-bond donors (Lipinski definition) is 2. The molecule has 0 fully saturated rings. The highest BCUT2D eigenvalue weighted by atomic mass is 16.4. The number of aromatic nitrogens is 1. The summed E-state index contributed by atoms with van der Waals surface area (Å²) in [4.78, 5) is 13.6. The van der Waals surface area contributed by atoms with Gasteiger partial charge in [0.15, 0.2) is 5.58 Å². The maximum Gasteiger partial charge on any atom is 0.417 e. The van der Waals surface area contributed by atoms with Gasteiger partial charge in [0, 0.05) is 0 Å². The van der Waals surface area contributed by atoms with Crippen molar-refractivity contribution in [3.8, 4) is 0 Å². The molecule has 2 N–H and O–H groups in total. The Bertz CT molecular complexity index is 527. The Labute approximate surface area is 100 Å². The number of nitrogens with one attached hydrogen (secondary N) is 2. The Balaban J connectivity index is 1.92. The van der Waals surface area contributed by atoms with Crippen molar-refractivity contribution in [2.75, 3.05) is 13.1 Å². The number of rotatable bonds is 6. The van der Waals surface area contributed by atoms with E-state index in [0.717, 1.165) is 25.0 Å². The van der Waals surface area contributed by atoms with Crippen LogP contribution in [-0.2, 0) is 6.42 Å². The summed E-state index contributed by atoms with van der Waals surface area (Å²) >= 11 is 0. The maximum atomic E-state index is 11.0. The molecule has 0 atom stereocenters. The minimum absolute atomic E-state index is 0.391. The third-order valence-corrected chi connectivity index (χ3v) is 2.78. The number of H-pyrrole nitrogens is 1. The fraction of sp³-hybridized carbons (Fsp3) is 0.462. The maximum absolute atomic E-state index is 11.0. The van der Waals surface area contributed by atoms with Crippen LogP contribution in [0.2, 0.25) is 0 Å². The second-order valence-electron chi connectivity index (χ2n) is 4.20. The van der Waals surface area contributed by atoms with E-state index in [4.69, 9.17) is 4.42 Å². The first-order valence-corrected chi connectivity index (χ1v) is 6.12. The van der Waals surface area contributed by atoms with Crippen LogP contribution in [-0.4, -0.2) is 18.1 Å². The van der Waals surface area contributed by atoms with Crippen molar-refractivity contribution in [3.05, 3.63) is 34.3 Å². The van der Waals surface area contributed by atoms with Gasteiger partial charge in [-0.3, -0.25) is 4.98 Å². The number of unbranched alkanes of at least 4 members (excludes halogenated alkanes) is 1. The zero-order valence-electron chi connectivity index (χ0n) is 10.1. The van der Waals surface area contributed by atoms with Crippen LogP contribution in [0.1, 0.15) is 25.3 Å². The van der Waals surface area contributed by atoms with Crippen molar-refractivity contribution in [1.82, 2.24) is 10.3 Å². The highest BCUT2D eigenvalue weighted by Gasteiger charge is 2.01. The summed E-state index contributed by atoms with van der Waals surface area (Å²) in [5.74, 6) is -0.391. The van der Waals surface area contributed by atoms with Crippen molar-refractivity contribution in [2.45, 2.75) is 26.2 Å². The first kappa shape index (κ1) is 11.9. The minimum atomic E-state index is -0.391. The van der Waals surface area contributed by atoms with Crippen LogP contribution in [0.25, 0.3) is 11.1 Å². The molecular weight excluding hydrogens is 216 g/mol. The van der Waals surface area contributed by atoms with Gasteiger partial charge < -0.3 is 9.73 Å². The van der Waals surface area contributed by atoms with Crippen LogP contribution in [0.5, 0.6) is 0 Å². The Hall–Kier alpha value is -1.55. The molecule has 92 valence electrons. The summed E-state index contributed by atoms with van der Waals surface area (Å²) in [6.45, 7) is 4.21. The Kier molecular flexibility index (Phi) is 3.98. The fourth-order valence-corrected chi connectivity index (χ4v) is 1.80. The van der Waals surface area contributed by atoms with Gasteiger partial charge in [0.1, 0.15) is 0 Å². The average molecular weight is 234 g/mol. The highest BCUT2D eigenvalue weighted by molar-refractivity contribution is 5.72. The SMILES string of the molecule is CCCCNCCc1ccc2[nH]c(=O)oc2c1. The van der Waals surface area contributed by atoms with E-state index in [1.807, 2.05) is 18.2 Å². The monoisotopic (exact) mass is 234 g/mol. The number of fused-ring (bicyclic) bond motifs is 1. The lowest BCUT2D eigenvalue weighted by Crippen LogP contribution is -2.18. The van der Waals surface area contributed by atoms with Gasteiger partial charge in [0.05, 0.1) is 5.52 Å². The number of aromatic amines is 1. The van der Waals surface area contributed by atoms with Crippen molar-refractivity contribution >= 4 is 11.1 Å². The van der Waals surface area contributed by atoms with E-state index in [-0.39, 0.29) is 0 Å². The molecule has 0 unspecified atom stereocenters. The zero-order chi connectivity index (χ0) is 12.1. The molecule has 0 saturated carbocycles. The molecule has 4 heteroatoms. The smallest absolute Gasteiger partial charge is 0.408 e. The van der Waals surface area contributed by atoms with Crippen LogP contribution >= 0.6 is 0 Å². The Morgan fingerprint density at radius 2 is 2.24 bits per heavy atom. The molecule has 17 heavy (non-hydrogen) atoms. The number of hydrogen-bond acceptors (Lipinski definition) is 3. The second-order valence-corrected chi connectivity index (χ2v) is 4.20. The molecule has 0 saturated heterocycles. The highest BCUT2D eigenvalue weighted by Crippen LogP contribution is 2.12. The molecule has 2 aromatic rings. The number of benzene rings is 1. The molecule has 0 spiro atoms. The van der Waals surface area contributed by atoms with Gasteiger partial charge in [-0.2, -0.15) is 0 Å². The summed E-state index contributed by atoms with van der Waals surface area (Å²) in [7, 11) is 0. The van der Waals surface area contributed by atoms with Crippen LogP contribution in [0.15, 0.2) is 27.4 Å². The van der Waals surface area contributed by atoms with Crippen molar-refractivity contribution in [3.63, 3.8) is 0 Å². The van der Waals surface area contributed by atoms with E-state index in [0.29, 0.717) is 5.58 Å². The minimum Gasteiger partial charge on any atom is -0.408 e. The van der Waals surface area contributed by atoms with Crippen LogP contribution < -0.4 is 11.1 Å². The van der Waals surface area contributed by atoms with Gasteiger partial charge in [-0.25, -0.2) is 4.79 Å². The third-order valence-electron chi connectivity index (χ3n) is 2.78. The average Bonchev–Trinajstić information content (AvgIpc) is 2.68. The summed E-state index contributed by atoms with van der Waals surface area (Å²) in [5.41, 5.74) is 2.59. The van der Waals surface area contributed by atoms with Crippen LogP contribution in [0.4, 0.5) is 0 Å². The summed E-state index contributed by atoms with van der Waals surface area (Å²) in [5, 5.41) is 3.39. The van der Waals surface area contributed by atoms with Gasteiger partial charge in [-0.05, 0) is 43.6 Å².